The Labute approximate surface area is 137 Å². The lowest BCUT2D eigenvalue weighted by Gasteiger charge is -2.08. The maximum absolute atomic E-state index is 11.8. The number of hydrogen-bond donors (Lipinski definition) is 6. The average Bonchev–Trinajstić information content (AvgIpc) is 2.56. The van der Waals surface area contributed by atoms with Crippen molar-refractivity contribution < 1.29 is 30.0 Å². The van der Waals surface area contributed by atoms with Gasteiger partial charge in [0.1, 0.15) is 0 Å². The van der Waals surface area contributed by atoms with Crippen molar-refractivity contribution >= 4 is 11.8 Å². The molecule has 0 aliphatic carbocycles. The highest BCUT2D eigenvalue weighted by atomic mass is 16.3. The Morgan fingerprint density at radius 1 is 0.667 bits per heavy atom. The summed E-state index contributed by atoms with van der Waals surface area (Å²) >= 11 is 0. The molecule has 0 radical (unpaired) electrons. The highest BCUT2D eigenvalue weighted by molar-refractivity contribution is 5.95. The van der Waals surface area contributed by atoms with E-state index >= 15 is 0 Å². The smallest absolute Gasteiger partial charge is 0.251 e. The molecule has 0 heterocycles. The molecule has 0 aliphatic heterocycles. The van der Waals surface area contributed by atoms with Gasteiger partial charge in [0.05, 0.1) is 0 Å². The minimum atomic E-state index is -0.471. The lowest BCUT2D eigenvalue weighted by atomic mass is 10.2. The number of phenols is 4. The van der Waals surface area contributed by atoms with E-state index in [1.807, 2.05) is 0 Å². The molecule has 2 aromatic carbocycles. The van der Waals surface area contributed by atoms with Crippen molar-refractivity contribution in [2.24, 2.45) is 0 Å². The molecule has 24 heavy (non-hydrogen) atoms. The summed E-state index contributed by atoms with van der Waals surface area (Å²) in [5, 5.41) is 42.1. The van der Waals surface area contributed by atoms with Crippen molar-refractivity contribution in [3.05, 3.63) is 47.5 Å². The van der Waals surface area contributed by atoms with Crippen molar-refractivity contribution in [1.29, 1.82) is 0 Å². The molecule has 6 N–H and O–H groups in total. The Balaban J connectivity index is 1.81. The molecule has 2 aromatic rings. The largest absolute Gasteiger partial charge is 0.504 e. The van der Waals surface area contributed by atoms with E-state index in [1.54, 1.807) is 0 Å². The normalized spacial score (nSPS) is 10.2. The Kier molecular flexibility index (Phi) is 5.10. The van der Waals surface area contributed by atoms with Gasteiger partial charge < -0.3 is 31.1 Å². The van der Waals surface area contributed by atoms with E-state index in [0.29, 0.717) is 0 Å². The molecular weight excluding hydrogens is 316 g/mol. The third kappa shape index (κ3) is 4.07. The molecule has 0 fully saturated rings. The quantitative estimate of drug-likeness (QED) is 0.351. The predicted octanol–water partition coefficient (Wildman–Crippen LogP) is 0.669. The van der Waals surface area contributed by atoms with Crippen LogP contribution in [0, 0.1) is 0 Å². The fraction of sp³-hybridized carbons (Fsp3) is 0.125. The first-order valence-corrected chi connectivity index (χ1v) is 6.99. The monoisotopic (exact) mass is 332 g/mol. The zero-order chi connectivity index (χ0) is 17.7. The number of carbonyl (C=O) groups excluding carboxylic acids is 2. The van der Waals surface area contributed by atoms with Gasteiger partial charge in [-0.2, -0.15) is 0 Å². The van der Waals surface area contributed by atoms with Crippen molar-refractivity contribution in [3.63, 3.8) is 0 Å². The fourth-order valence-corrected chi connectivity index (χ4v) is 1.89. The summed E-state index contributed by atoms with van der Waals surface area (Å²) in [5.74, 6) is -2.39. The van der Waals surface area contributed by atoms with E-state index in [1.165, 1.54) is 24.3 Å². The van der Waals surface area contributed by atoms with Crippen LogP contribution >= 0.6 is 0 Å². The molecule has 0 saturated carbocycles. The molecule has 126 valence electrons. The van der Waals surface area contributed by atoms with Crippen molar-refractivity contribution in [2.75, 3.05) is 13.1 Å². The lowest BCUT2D eigenvalue weighted by molar-refractivity contribution is 0.0927. The van der Waals surface area contributed by atoms with Gasteiger partial charge in [0.2, 0.25) is 0 Å². The molecule has 0 bridgehead atoms. The minimum Gasteiger partial charge on any atom is -0.504 e. The molecule has 2 rings (SSSR count). The highest BCUT2D eigenvalue weighted by Gasteiger charge is 2.10. The molecule has 0 aliphatic rings. The van der Waals surface area contributed by atoms with E-state index in [4.69, 9.17) is 0 Å². The topological polar surface area (TPSA) is 139 Å². The van der Waals surface area contributed by atoms with Crippen LogP contribution in [0.3, 0.4) is 0 Å². The van der Waals surface area contributed by atoms with Gasteiger partial charge >= 0.3 is 0 Å². The van der Waals surface area contributed by atoms with Gasteiger partial charge in [-0.1, -0.05) is 0 Å². The molecule has 8 heteroatoms. The van der Waals surface area contributed by atoms with Crippen LogP contribution in [0.25, 0.3) is 0 Å². The summed E-state index contributed by atoms with van der Waals surface area (Å²) in [6.45, 7) is 0.270. The minimum absolute atomic E-state index is 0.135. The fourth-order valence-electron chi connectivity index (χ4n) is 1.89. The summed E-state index contributed by atoms with van der Waals surface area (Å²) in [5.41, 5.74) is 0.333. The number of amides is 2. The highest BCUT2D eigenvalue weighted by Crippen LogP contribution is 2.25. The van der Waals surface area contributed by atoms with E-state index in [0.717, 1.165) is 12.1 Å². The molecule has 0 unspecified atom stereocenters. The van der Waals surface area contributed by atoms with E-state index < -0.39 is 23.3 Å². The second kappa shape index (κ2) is 7.23. The lowest BCUT2D eigenvalue weighted by Crippen LogP contribution is -2.34. The van der Waals surface area contributed by atoms with Crippen LogP contribution in [0.5, 0.6) is 23.0 Å². The van der Waals surface area contributed by atoms with Gasteiger partial charge in [-0.05, 0) is 36.4 Å². The van der Waals surface area contributed by atoms with Gasteiger partial charge in [-0.25, -0.2) is 0 Å². The Morgan fingerprint density at radius 3 is 1.38 bits per heavy atom. The number of rotatable bonds is 5. The summed E-state index contributed by atoms with van der Waals surface area (Å²) in [7, 11) is 0. The summed E-state index contributed by atoms with van der Waals surface area (Å²) in [6, 6.07) is 7.35. The van der Waals surface area contributed by atoms with Gasteiger partial charge in [0.25, 0.3) is 11.8 Å². The number of nitrogens with one attached hydrogen (secondary N) is 2. The summed E-state index contributed by atoms with van der Waals surface area (Å²) < 4.78 is 0. The number of phenolic OH excluding ortho intramolecular Hbond substituents is 4. The maximum atomic E-state index is 11.8. The third-order valence-corrected chi connectivity index (χ3v) is 3.17. The zero-order valence-electron chi connectivity index (χ0n) is 12.5. The molecule has 8 nitrogen and oxygen atoms in total. The van der Waals surface area contributed by atoms with Gasteiger partial charge in [-0.15, -0.1) is 0 Å². The summed E-state index contributed by atoms with van der Waals surface area (Å²) in [6.07, 6.45) is 0. The van der Waals surface area contributed by atoms with Crippen LogP contribution in [-0.4, -0.2) is 45.3 Å². The second-order valence-corrected chi connectivity index (χ2v) is 4.92. The second-order valence-electron chi connectivity index (χ2n) is 4.92. The summed E-state index contributed by atoms with van der Waals surface area (Å²) in [4.78, 5) is 23.7. The zero-order valence-corrected chi connectivity index (χ0v) is 12.5. The van der Waals surface area contributed by atoms with Gasteiger partial charge in [0, 0.05) is 24.2 Å². The van der Waals surface area contributed by atoms with Gasteiger partial charge in [-0.3, -0.25) is 9.59 Å². The number of hydrogen-bond acceptors (Lipinski definition) is 6. The van der Waals surface area contributed by atoms with Crippen molar-refractivity contribution in [2.45, 2.75) is 0 Å². The SMILES string of the molecule is O=C(NCCNC(=O)c1ccc(O)c(O)c1)c1ccc(O)c(O)c1. The number of aromatic hydroxyl groups is 4. The van der Waals surface area contributed by atoms with Gasteiger partial charge in [0.15, 0.2) is 23.0 Å². The average molecular weight is 332 g/mol. The van der Waals surface area contributed by atoms with Crippen LogP contribution < -0.4 is 10.6 Å². The maximum Gasteiger partial charge on any atom is 0.251 e. The predicted molar refractivity (Wildman–Crippen MR) is 84.2 cm³/mol. The van der Waals surface area contributed by atoms with Crippen molar-refractivity contribution in [3.8, 4) is 23.0 Å². The Hall–Kier alpha value is -3.42. The first kappa shape index (κ1) is 16.9. The standard InChI is InChI=1S/C16H16N2O6/c19-11-3-1-9(7-13(11)21)15(23)17-5-6-18-16(24)10-2-4-12(20)14(22)8-10/h1-4,7-8,19-22H,5-6H2,(H,17,23)(H,18,24). The van der Waals surface area contributed by atoms with Crippen LogP contribution in [0.2, 0.25) is 0 Å². The van der Waals surface area contributed by atoms with E-state index in [-0.39, 0.29) is 35.7 Å². The molecule has 0 aromatic heterocycles. The Bertz CT molecular complexity index is 710. The number of benzene rings is 2. The van der Waals surface area contributed by atoms with Crippen LogP contribution in [0.1, 0.15) is 20.7 Å². The molecule has 0 atom stereocenters. The van der Waals surface area contributed by atoms with Crippen molar-refractivity contribution in [1.82, 2.24) is 10.6 Å². The van der Waals surface area contributed by atoms with Crippen LogP contribution in [0.15, 0.2) is 36.4 Å². The van der Waals surface area contributed by atoms with Crippen LogP contribution in [-0.2, 0) is 0 Å². The first-order chi connectivity index (χ1) is 11.4. The molecular formula is C16H16N2O6. The molecule has 0 spiro atoms. The first-order valence-electron chi connectivity index (χ1n) is 6.99. The third-order valence-electron chi connectivity index (χ3n) is 3.17. The van der Waals surface area contributed by atoms with E-state index in [2.05, 4.69) is 10.6 Å². The Morgan fingerprint density at radius 2 is 1.04 bits per heavy atom. The molecule has 0 saturated heterocycles. The number of carbonyl (C=O) groups is 2. The van der Waals surface area contributed by atoms with Crippen LogP contribution in [0.4, 0.5) is 0 Å². The molecule has 2 amide bonds. The van der Waals surface area contributed by atoms with E-state index in [9.17, 15) is 30.0 Å².